The number of aryl methyl sites for hydroxylation is 1. The Morgan fingerprint density at radius 2 is 2.21 bits per heavy atom. The van der Waals surface area contributed by atoms with Gasteiger partial charge in [0.25, 0.3) is 5.91 Å². The van der Waals surface area contributed by atoms with Crippen molar-refractivity contribution in [2.24, 2.45) is 0 Å². The maximum atomic E-state index is 12.2. The second-order valence-corrected chi connectivity index (χ2v) is 8.09. The first-order valence-corrected chi connectivity index (χ1v) is 9.57. The summed E-state index contributed by atoms with van der Waals surface area (Å²) in [5.74, 6) is 0.284. The number of aromatic nitrogens is 3. The first-order valence-electron chi connectivity index (χ1n) is 7.87. The van der Waals surface area contributed by atoms with Crippen molar-refractivity contribution in [3.8, 4) is 10.6 Å². The molecule has 5 nitrogen and oxygen atoms in total. The molecule has 2 N–H and O–H groups in total. The van der Waals surface area contributed by atoms with Crippen LogP contribution in [0.15, 0.2) is 23.6 Å². The van der Waals surface area contributed by atoms with E-state index in [1.54, 1.807) is 28.7 Å². The number of thiophene rings is 1. The molecular formula is C17H20N4OS2. The zero-order valence-corrected chi connectivity index (χ0v) is 15.6. The molecule has 24 heavy (non-hydrogen) atoms. The number of aromatic amines is 1. The summed E-state index contributed by atoms with van der Waals surface area (Å²) in [6, 6.07) is 5.88. The Morgan fingerprint density at radius 3 is 2.88 bits per heavy atom. The largest absolute Gasteiger partial charge is 0.350 e. The summed E-state index contributed by atoms with van der Waals surface area (Å²) in [5.41, 5.74) is 2.32. The molecule has 3 rings (SSSR count). The van der Waals surface area contributed by atoms with Crippen LogP contribution in [-0.2, 0) is 6.42 Å². The van der Waals surface area contributed by atoms with Crippen molar-refractivity contribution in [2.75, 3.05) is 6.54 Å². The van der Waals surface area contributed by atoms with Gasteiger partial charge >= 0.3 is 0 Å². The van der Waals surface area contributed by atoms with Gasteiger partial charge in [-0.05, 0) is 25.1 Å². The fourth-order valence-electron chi connectivity index (χ4n) is 2.24. The molecule has 0 bridgehead atoms. The molecule has 0 saturated carbocycles. The third kappa shape index (κ3) is 3.91. The number of rotatable bonds is 6. The zero-order valence-electron chi connectivity index (χ0n) is 13.9. The van der Waals surface area contributed by atoms with E-state index in [0.29, 0.717) is 18.2 Å². The highest BCUT2D eigenvalue weighted by atomic mass is 32.1. The molecule has 0 saturated heterocycles. The summed E-state index contributed by atoms with van der Waals surface area (Å²) in [6.45, 7) is 6.88. The number of amides is 1. The van der Waals surface area contributed by atoms with Crippen LogP contribution in [-0.4, -0.2) is 27.6 Å². The Hall–Kier alpha value is -1.99. The van der Waals surface area contributed by atoms with E-state index < -0.39 is 0 Å². The predicted octanol–water partition coefficient (Wildman–Crippen LogP) is 4.00. The van der Waals surface area contributed by atoms with Crippen molar-refractivity contribution < 1.29 is 4.79 Å². The van der Waals surface area contributed by atoms with Gasteiger partial charge in [0.2, 0.25) is 0 Å². The monoisotopic (exact) mass is 360 g/mol. The average molecular weight is 361 g/mol. The van der Waals surface area contributed by atoms with Crippen LogP contribution in [0.3, 0.4) is 0 Å². The topological polar surface area (TPSA) is 70.7 Å². The highest BCUT2D eigenvalue weighted by Crippen LogP contribution is 2.26. The van der Waals surface area contributed by atoms with Crippen molar-refractivity contribution in [2.45, 2.75) is 33.1 Å². The van der Waals surface area contributed by atoms with Crippen LogP contribution in [0.2, 0.25) is 0 Å². The van der Waals surface area contributed by atoms with Gasteiger partial charge in [0.1, 0.15) is 0 Å². The van der Waals surface area contributed by atoms with E-state index in [2.05, 4.69) is 52.7 Å². The molecule has 0 atom stereocenters. The Labute approximate surface area is 149 Å². The minimum atomic E-state index is -0.162. The summed E-state index contributed by atoms with van der Waals surface area (Å²) in [7, 11) is 0. The lowest BCUT2D eigenvalue weighted by Crippen LogP contribution is -2.26. The second-order valence-electron chi connectivity index (χ2n) is 5.91. The molecule has 0 spiro atoms. The standard InChI is InChI=1S/C17H20N4OS2/c1-10(2)17-19-12(9-23-17)6-7-18-16(22)14-8-13(20-21-14)15-5-4-11(3)24-15/h4-5,8-10H,6-7H2,1-3H3,(H,18,22)(H,20,21). The van der Waals surface area contributed by atoms with Gasteiger partial charge in [-0.3, -0.25) is 9.89 Å². The number of hydrogen-bond acceptors (Lipinski definition) is 5. The van der Waals surface area contributed by atoms with Crippen molar-refractivity contribution in [1.29, 1.82) is 0 Å². The van der Waals surface area contributed by atoms with Crippen LogP contribution < -0.4 is 5.32 Å². The number of thiazole rings is 1. The molecule has 0 fully saturated rings. The highest BCUT2D eigenvalue weighted by Gasteiger charge is 2.12. The zero-order chi connectivity index (χ0) is 17.1. The van der Waals surface area contributed by atoms with Gasteiger partial charge in [-0.2, -0.15) is 5.10 Å². The molecule has 3 aromatic heterocycles. The molecule has 1 amide bonds. The molecule has 0 unspecified atom stereocenters. The van der Waals surface area contributed by atoms with Crippen LogP contribution in [0, 0.1) is 6.92 Å². The number of carbonyl (C=O) groups excluding carboxylic acids is 1. The summed E-state index contributed by atoms with van der Waals surface area (Å²) < 4.78 is 0. The number of carbonyl (C=O) groups is 1. The molecular weight excluding hydrogens is 340 g/mol. The van der Waals surface area contributed by atoms with Crippen LogP contribution in [0.5, 0.6) is 0 Å². The maximum absolute atomic E-state index is 12.2. The third-order valence-electron chi connectivity index (χ3n) is 3.55. The minimum absolute atomic E-state index is 0.162. The Kier molecular flexibility index (Phi) is 5.11. The Balaban J connectivity index is 1.54. The van der Waals surface area contributed by atoms with Crippen molar-refractivity contribution in [3.05, 3.63) is 44.9 Å². The van der Waals surface area contributed by atoms with Gasteiger partial charge in [0.15, 0.2) is 5.69 Å². The van der Waals surface area contributed by atoms with Gasteiger partial charge in [-0.15, -0.1) is 22.7 Å². The van der Waals surface area contributed by atoms with E-state index in [1.807, 2.05) is 6.07 Å². The predicted molar refractivity (Wildman–Crippen MR) is 98.9 cm³/mol. The maximum Gasteiger partial charge on any atom is 0.271 e. The lowest BCUT2D eigenvalue weighted by molar-refractivity contribution is 0.0949. The third-order valence-corrected chi connectivity index (χ3v) is 5.77. The van der Waals surface area contributed by atoms with Gasteiger partial charge in [-0.25, -0.2) is 4.98 Å². The van der Waals surface area contributed by atoms with Crippen LogP contribution in [0.25, 0.3) is 10.6 Å². The summed E-state index contributed by atoms with van der Waals surface area (Å²) in [6.07, 6.45) is 0.732. The SMILES string of the molecule is Cc1ccc(-c2cc(C(=O)NCCc3csc(C(C)C)n3)n[nH]2)s1. The first-order chi connectivity index (χ1) is 11.5. The van der Waals surface area contributed by atoms with E-state index in [1.165, 1.54) is 4.88 Å². The van der Waals surface area contributed by atoms with Crippen molar-refractivity contribution in [1.82, 2.24) is 20.5 Å². The number of nitrogens with zero attached hydrogens (tertiary/aromatic N) is 2. The van der Waals surface area contributed by atoms with E-state index >= 15 is 0 Å². The number of nitrogens with one attached hydrogen (secondary N) is 2. The van der Waals surface area contributed by atoms with E-state index in [-0.39, 0.29) is 5.91 Å². The summed E-state index contributed by atoms with van der Waals surface area (Å²) in [4.78, 5) is 19.1. The van der Waals surface area contributed by atoms with Crippen LogP contribution >= 0.6 is 22.7 Å². The van der Waals surface area contributed by atoms with E-state index in [0.717, 1.165) is 27.7 Å². The van der Waals surface area contributed by atoms with Gasteiger partial charge in [0, 0.05) is 29.1 Å². The second kappa shape index (κ2) is 7.27. The fourth-order valence-corrected chi connectivity index (χ4v) is 3.94. The quantitative estimate of drug-likeness (QED) is 0.698. The van der Waals surface area contributed by atoms with Gasteiger partial charge in [0.05, 0.1) is 21.3 Å². The lowest BCUT2D eigenvalue weighted by Gasteiger charge is -2.01. The lowest BCUT2D eigenvalue weighted by atomic mass is 10.2. The van der Waals surface area contributed by atoms with Crippen LogP contribution in [0.4, 0.5) is 0 Å². The minimum Gasteiger partial charge on any atom is -0.350 e. The molecule has 0 aliphatic heterocycles. The molecule has 0 radical (unpaired) electrons. The van der Waals surface area contributed by atoms with Crippen molar-refractivity contribution in [3.63, 3.8) is 0 Å². The highest BCUT2D eigenvalue weighted by molar-refractivity contribution is 7.15. The Morgan fingerprint density at radius 1 is 1.38 bits per heavy atom. The summed E-state index contributed by atoms with van der Waals surface area (Å²) >= 11 is 3.35. The number of H-pyrrole nitrogens is 1. The van der Waals surface area contributed by atoms with Crippen molar-refractivity contribution >= 4 is 28.6 Å². The van der Waals surface area contributed by atoms with Crippen LogP contribution in [0.1, 0.15) is 45.8 Å². The molecule has 126 valence electrons. The molecule has 0 aliphatic rings. The molecule has 7 heteroatoms. The molecule has 3 aromatic rings. The van der Waals surface area contributed by atoms with E-state index in [9.17, 15) is 4.79 Å². The normalized spacial score (nSPS) is 11.2. The average Bonchev–Trinajstić information content (AvgIpc) is 3.26. The molecule has 0 aliphatic carbocycles. The first kappa shape index (κ1) is 16.9. The Bertz CT molecular complexity index is 831. The van der Waals surface area contributed by atoms with Gasteiger partial charge < -0.3 is 5.32 Å². The molecule has 3 heterocycles. The smallest absolute Gasteiger partial charge is 0.271 e. The number of hydrogen-bond donors (Lipinski definition) is 2. The van der Waals surface area contributed by atoms with E-state index in [4.69, 9.17) is 0 Å². The summed E-state index contributed by atoms with van der Waals surface area (Å²) in [5, 5.41) is 13.1. The van der Waals surface area contributed by atoms with Gasteiger partial charge in [-0.1, -0.05) is 13.8 Å². The molecule has 0 aromatic carbocycles. The fraction of sp³-hybridized carbons (Fsp3) is 0.353.